The van der Waals surface area contributed by atoms with Gasteiger partial charge >= 0.3 is 6.36 Å². The minimum absolute atomic E-state index is 0.125. The van der Waals surface area contributed by atoms with Gasteiger partial charge in [-0.15, -0.1) is 13.2 Å². The van der Waals surface area contributed by atoms with Crippen molar-refractivity contribution < 1.29 is 32.5 Å². The largest absolute Gasteiger partial charge is 0.573 e. The number of imidazole rings is 1. The van der Waals surface area contributed by atoms with Crippen LogP contribution >= 0.6 is 0 Å². The number of hydrogen-bond acceptors (Lipinski definition) is 6. The van der Waals surface area contributed by atoms with Gasteiger partial charge < -0.3 is 24.3 Å². The molecule has 3 rings (SSSR count). The molecule has 1 aromatic carbocycles. The molecule has 0 spiro atoms. The van der Waals surface area contributed by atoms with Crippen molar-refractivity contribution in [3.8, 4) is 11.5 Å². The second-order valence-electron chi connectivity index (χ2n) is 7.34. The van der Waals surface area contributed by atoms with Crippen molar-refractivity contribution in [3.63, 3.8) is 0 Å². The van der Waals surface area contributed by atoms with Gasteiger partial charge in [0.05, 0.1) is 23.3 Å². The number of nitrogens with one attached hydrogen (secondary N) is 1. The lowest BCUT2D eigenvalue weighted by molar-refractivity contribution is -0.274. The molecule has 0 aliphatic carbocycles. The first-order chi connectivity index (χ1) is 14.6. The highest BCUT2D eigenvalue weighted by molar-refractivity contribution is 5.77. The van der Waals surface area contributed by atoms with Gasteiger partial charge in [-0.3, -0.25) is 4.98 Å². The van der Waals surface area contributed by atoms with Crippen LogP contribution in [0.5, 0.6) is 11.5 Å². The lowest BCUT2D eigenvalue weighted by atomic mass is 9.96. The van der Waals surface area contributed by atoms with E-state index in [1.807, 2.05) is 6.92 Å². The molecule has 7 nitrogen and oxygen atoms in total. The molecule has 31 heavy (non-hydrogen) atoms. The standard InChI is InChI=1S/C21H24F3N3O4/c1-13-17(25-8-7-18(13)30-10-4-9-29-3)12-20(2,28)19-26-15-6-5-14(11-16(15)27-19)31-21(22,23)24/h5-8,11,28H,4,9-10,12H2,1-3H3,(H,26,27). The summed E-state index contributed by atoms with van der Waals surface area (Å²) in [6.07, 6.45) is -2.33. The number of nitrogens with zero attached hydrogens (tertiary/aromatic N) is 2. The van der Waals surface area contributed by atoms with Gasteiger partial charge in [-0.1, -0.05) is 0 Å². The molecule has 0 saturated heterocycles. The fourth-order valence-corrected chi connectivity index (χ4v) is 3.13. The maximum atomic E-state index is 12.5. The van der Waals surface area contributed by atoms with Crippen molar-refractivity contribution in [3.05, 3.63) is 47.5 Å². The number of aromatic amines is 1. The lowest BCUT2D eigenvalue weighted by Crippen LogP contribution is -2.27. The summed E-state index contributed by atoms with van der Waals surface area (Å²) >= 11 is 0. The Bertz CT molecular complexity index is 1030. The molecule has 2 heterocycles. The van der Waals surface area contributed by atoms with Crippen molar-refractivity contribution in [1.82, 2.24) is 15.0 Å². The first-order valence-corrected chi connectivity index (χ1v) is 9.63. The smallest absolute Gasteiger partial charge is 0.493 e. The van der Waals surface area contributed by atoms with Crippen LogP contribution in [0.15, 0.2) is 30.5 Å². The number of ether oxygens (including phenoxy) is 3. The van der Waals surface area contributed by atoms with Crippen LogP contribution in [0.25, 0.3) is 11.0 Å². The summed E-state index contributed by atoms with van der Waals surface area (Å²) in [6.45, 7) is 4.49. The van der Waals surface area contributed by atoms with Gasteiger partial charge in [-0.2, -0.15) is 0 Å². The number of methoxy groups -OCH3 is 1. The fourth-order valence-electron chi connectivity index (χ4n) is 3.13. The number of pyridine rings is 1. The molecule has 0 saturated carbocycles. The van der Waals surface area contributed by atoms with E-state index in [-0.39, 0.29) is 23.5 Å². The van der Waals surface area contributed by atoms with Crippen LogP contribution in [0.3, 0.4) is 0 Å². The number of hydrogen-bond donors (Lipinski definition) is 2. The first kappa shape index (κ1) is 22.8. The van der Waals surface area contributed by atoms with E-state index in [9.17, 15) is 18.3 Å². The predicted molar refractivity (Wildman–Crippen MR) is 107 cm³/mol. The van der Waals surface area contributed by atoms with Crippen molar-refractivity contribution in [2.45, 2.75) is 38.7 Å². The van der Waals surface area contributed by atoms with Gasteiger partial charge in [-0.05, 0) is 32.0 Å². The minimum Gasteiger partial charge on any atom is -0.493 e. The van der Waals surface area contributed by atoms with E-state index in [0.717, 1.165) is 18.1 Å². The summed E-state index contributed by atoms with van der Waals surface area (Å²) in [4.78, 5) is 11.6. The number of rotatable bonds is 9. The summed E-state index contributed by atoms with van der Waals surface area (Å²) in [5.74, 6) is 0.489. The van der Waals surface area contributed by atoms with Crippen molar-refractivity contribution in [2.75, 3.05) is 20.3 Å². The van der Waals surface area contributed by atoms with E-state index in [1.54, 1.807) is 26.3 Å². The molecular weight excluding hydrogens is 415 g/mol. The molecule has 168 valence electrons. The second-order valence-corrected chi connectivity index (χ2v) is 7.34. The average molecular weight is 439 g/mol. The zero-order valence-electron chi connectivity index (χ0n) is 17.4. The molecule has 3 aromatic rings. The van der Waals surface area contributed by atoms with Gasteiger partial charge in [0, 0.05) is 44.4 Å². The zero-order chi connectivity index (χ0) is 22.6. The molecule has 1 unspecified atom stereocenters. The van der Waals surface area contributed by atoms with Crippen LogP contribution < -0.4 is 9.47 Å². The molecule has 0 radical (unpaired) electrons. The summed E-state index contributed by atoms with van der Waals surface area (Å²) < 4.78 is 52.1. The Balaban J connectivity index is 1.79. The molecule has 0 aliphatic heterocycles. The predicted octanol–water partition coefficient (Wildman–Crippen LogP) is 4.03. The minimum atomic E-state index is -4.79. The second kappa shape index (κ2) is 9.11. The molecule has 10 heteroatoms. The number of alkyl halides is 3. The van der Waals surface area contributed by atoms with E-state index in [1.165, 1.54) is 12.1 Å². The van der Waals surface area contributed by atoms with Gasteiger partial charge in [0.15, 0.2) is 0 Å². The molecule has 2 aromatic heterocycles. The summed E-state index contributed by atoms with van der Waals surface area (Å²) in [5.41, 5.74) is 0.686. The summed E-state index contributed by atoms with van der Waals surface area (Å²) in [5, 5.41) is 11.1. The van der Waals surface area contributed by atoms with Crippen LogP contribution in [0.2, 0.25) is 0 Å². The number of aliphatic hydroxyl groups is 1. The quantitative estimate of drug-likeness (QED) is 0.490. The molecular formula is C21H24F3N3O4. The lowest BCUT2D eigenvalue weighted by Gasteiger charge is -2.22. The number of halogens is 3. The Hall–Kier alpha value is -2.85. The van der Waals surface area contributed by atoms with Crippen molar-refractivity contribution in [1.29, 1.82) is 0 Å². The topological polar surface area (TPSA) is 89.5 Å². The highest BCUT2D eigenvalue weighted by atomic mass is 19.4. The van der Waals surface area contributed by atoms with Crippen molar-refractivity contribution in [2.24, 2.45) is 0 Å². The van der Waals surface area contributed by atoms with Gasteiger partial charge in [0.2, 0.25) is 0 Å². The van der Waals surface area contributed by atoms with Crippen LogP contribution in [-0.4, -0.2) is 46.7 Å². The third kappa shape index (κ3) is 5.86. The third-order valence-electron chi connectivity index (χ3n) is 4.72. The van der Waals surface area contributed by atoms with Crippen LogP contribution in [0, 0.1) is 6.92 Å². The Morgan fingerprint density at radius 1 is 1.16 bits per heavy atom. The van der Waals surface area contributed by atoms with E-state index >= 15 is 0 Å². The number of aromatic nitrogens is 3. The normalized spacial score (nSPS) is 13.9. The SMILES string of the molecule is COCCCOc1ccnc(CC(C)(O)c2nc3cc(OC(F)(F)F)ccc3[nH]2)c1C. The Labute approximate surface area is 177 Å². The van der Waals surface area contributed by atoms with E-state index in [4.69, 9.17) is 9.47 Å². The van der Waals surface area contributed by atoms with E-state index in [2.05, 4.69) is 19.7 Å². The molecule has 1 atom stereocenters. The molecule has 0 aliphatic rings. The fraction of sp³-hybridized carbons (Fsp3) is 0.429. The molecule has 2 N–H and O–H groups in total. The maximum absolute atomic E-state index is 12.5. The summed E-state index contributed by atoms with van der Waals surface area (Å²) in [6, 6.07) is 5.52. The van der Waals surface area contributed by atoms with Gasteiger partial charge in [0.25, 0.3) is 0 Å². The number of fused-ring (bicyclic) bond motifs is 1. The van der Waals surface area contributed by atoms with E-state index < -0.39 is 12.0 Å². The Morgan fingerprint density at radius 3 is 2.65 bits per heavy atom. The molecule has 0 amide bonds. The third-order valence-corrected chi connectivity index (χ3v) is 4.72. The molecule has 0 fully saturated rings. The van der Waals surface area contributed by atoms with E-state index in [0.29, 0.717) is 30.2 Å². The first-order valence-electron chi connectivity index (χ1n) is 9.63. The van der Waals surface area contributed by atoms with Gasteiger partial charge in [-0.25, -0.2) is 4.98 Å². The van der Waals surface area contributed by atoms with Crippen LogP contribution in [0.4, 0.5) is 13.2 Å². The van der Waals surface area contributed by atoms with Crippen LogP contribution in [0.1, 0.15) is 30.4 Å². The average Bonchev–Trinajstić information content (AvgIpc) is 3.11. The monoisotopic (exact) mass is 439 g/mol. The highest BCUT2D eigenvalue weighted by Gasteiger charge is 2.32. The Kier molecular flexibility index (Phi) is 6.71. The zero-order valence-corrected chi connectivity index (χ0v) is 17.4. The molecule has 0 bridgehead atoms. The van der Waals surface area contributed by atoms with Crippen molar-refractivity contribution >= 4 is 11.0 Å². The van der Waals surface area contributed by atoms with Crippen LogP contribution in [-0.2, 0) is 16.8 Å². The van der Waals surface area contributed by atoms with Gasteiger partial charge in [0.1, 0.15) is 22.9 Å². The summed E-state index contributed by atoms with van der Waals surface area (Å²) in [7, 11) is 1.63. The Morgan fingerprint density at radius 2 is 1.94 bits per heavy atom. The number of benzene rings is 1. The maximum Gasteiger partial charge on any atom is 0.573 e. The number of H-pyrrole nitrogens is 1. The highest BCUT2D eigenvalue weighted by Crippen LogP contribution is 2.30.